The number of fused-ring (bicyclic) bond motifs is 1. The molecule has 1 aromatic rings. The molecule has 0 bridgehead atoms. The lowest BCUT2D eigenvalue weighted by Crippen LogP contribution is -2.47. The van der Waals surface area contributed by atoms with Crippen LogP contribution in [0.25, 0.3) is 0 Å². The second-order valence-electron chi connectivity index (χ2n) is 4.49. The minimum absolute atomic E-state index is 0.170. The number of hydrogen-bond acceptors (Lipinski definition) is 3. The number of ether oxygens (including phenoxy) is 1. The van der Waals surface area contributed by atoms with Gasteiger partial charge in [-0.05, 0) is 37.5 Å². The highest BCUT2D eigenvalue weighted by molar-refractivity contribution is 6.01. The molecule has 1 spiro atoms. The van der Waals surface area contributed by atoms with E-state index in [0.29, 0.717) is 23.4 Å². The highest BCUT2D eigenvalue weighted by Gasteiger charge is 2.45. The number of anilines is 1. The van der Waals surface area contributed by atoms with Crippen LogP contribution in [0.2, 0.25) is 0 Å². The molecule has 2 aliphatic rings. The van der Waals surface area contributed by atoms with Gasteiger partial charge < -0.3 is 10.5 Å². The zero-order chi connectivity index (χ0) is 10.5. The van der Waals surface area contributed by atoms with Crippen molar-refractivity contribution in [3.05, 3.63) is 23.8 Å². The SMILES string of the molecule is Nc1ccc2c(c1)C(=O)CC1(CCC1)O2. The van der Waals surface area contributed by atoms with Gasteiger partial charge in [-0.25, -0.2) is 0 Å². The second kappa shape index (κ2) is 2.75. The number of Topliss-reactive ketones (excluding diaryl/α,β-unsaturated/α-hetero) is 1. The summed E-state index contributed by atoms with van der Waals surface area (Å²) in [4.78, 5) is 11.9. The van der Waals surface area contributed by atoms with E-state index in [1.165, 1.54) is 0 Å². The van der Waals surface area contributed by atoms with Crippen molar-refractivity contribution in [1.82, 2.24) is 0 Å². The number of carbonyl (C=O) groups is 1. The van der Waals surface area contributed by atoms with Crippen molar-refractivity contribution in [2.24, 2.45) is 0 Å². The third-order valence-corrected chi connectivity index (χ3v) is 3.38. The van der Waals surface area contributed by atoms with Crippen LogP contribution in [0.4, 0.5) is 5.69 Å². The Balaban J connectivity index is 2.04. The summed E-state index contributed by atoms with van der Waals surface area (Å²) in [6.07, 6.45) is 3.69. The molecule has 0 aromatic heterocycles. The van der Waals surface area contributed by atoms with Gasteiger partial charge in [0.2, 0.25) is 0 Å². The lowest BCUT2D eigenvalue weighted by molar-refractivity contribution is -0.0177. The van der Waals surface area contributed by atoms with Gasteiger partial charge in [0.05, 0.1) is 12.0 Å². The summed E-state index contributed by atoms with van der Waals surface area (Å²) in [5, 5.41) is 0. The molecular formula is C12H13NO2. The van der Waals surface area contributed by atoms with Crippen molar-refractivity contribution < 1.29 is 9.53 Å². The molecule has 3 heteroatoms. The van der Waals surface area contributed by atoms with Crippen molar-refractivity contribution in [2.75, 3.05) is 5.73 Å². The minimum Gasteiger partial charge on any atom is -0.486 e. The number of ketones is 1. The van der Waals surface area contributed by atoms with E-state index < -0.39 is 0 Å². The summed E-state index contributed by atoms with van der Waals surface area (Å²) in [5.74, 6) is 0.878. The Morgan fingerprint density at radius 3 is 2.80 bits per heavy atom. The number of nitrogen functional groups attached to an aromatic ring is 1. The predicted molar refractivity (Wildman–Crippen MR) is 57.0 cm³/mol. The molecule has 2 N–H and O–H groups in total. The Kier molecular flexibility index (Phi) is 1.61. The van der Waals surface area contributed by atoms with Crippen molar-refractivity contribution in [3.8, 4) is 5.75 Å². The Bertz CT molecular complexity index is 435. The van der Waals surface area contributed by atoms with Crippen molar-refractivity contribution in [2.45, 2.75) is 31.3 Å². The molecule has 0 atom stereocenters. The van der Waals surface area contributed by atoms with E-state index in [1.807, 2.05) is 6.07 Å². The van der Waals surface area contributed by atoms with Gasteiger partial charge in [-0.2, -0.15) is 0 Å². The molecule has 1 aliphatic heterocycles. The zero-order valence-electron chi connectivity index (χ0n) is 8.45. The fourth-order valence-corrected chi connectivity index (χ4v) is 2.36. The Morgan fingerprint density at radius 1 is 1.33 bits per heavy atom. The fourth-order valence-electron chi connectivity index (χ4n) is 2.36. The molecule has 1 heterocycles. The quantitative estimate of drug-likeness (QED) is 0.657. The first-order chi connectivity index (χ1) is 7.19. The third-order valence-electron chi connectivity index (χ3n) is 3.38. The maximum Gasteiger partial charge on any atom is 0.170 e. The van der Waals surface area contributed by atoms with E-state index in [-0.39, 0.29) is 11.4 Å². The van der Waals surface area contributed by atoms with Gasteiger partial charge >= 0.3 is 0 Å². The first-order valence-corrected chi connectivity index (χ1v) is 5.30. The van der Waals surface area contributed by atoms with E-state index in [9.17, 15) is 4.79 Å². The standard InChI is InChI=1S/C12H13NO2/c13-8-2-3-11-9(6-8)10(14)7-12(15-11)4-1-5-12/h2-3,6H,1,4-5,7,13H2. The fraction of sp³-hybridized carbons (Fsp3) is 0.417. The average molecular weight is 203 g/mol. The lowest BCUT2D eigenvalue weighted by atomic mass is 9.74. The second-order valence-corrected chi connectivity index (χ2v) is 4.49. The number of benzene rings is 1. The van der Waals surface area contributed by atoms with Crippen LogP contribution in [0.15, 0.2) is 18.2 Å². The first-order valence-electron chi connectivity index (χ1n) is 5.30. The molecule has 3 nitrogen and oxygen atoms in total. The molecule has 0 radical (unpaired) electrons. The van der Waals surface area contributed by atoms with Gasteiger partial charge in [0, 0.05) is 5.69 Å². The topological polar surface area (TPSA) is 52.3 Å². The molecule has 1 saturated carbocycles. The van der Waals surface area contributed by atoms with Gasteiger partial charge in [-0.1, -0.05) is 0 Å². The minimum atomic E-state index is -0.180. The summed E-state index contributed by atoms with van der Waals surface area (Å²) in [5.41, 5.74) is 6.74. The van der Waals surface area contributed by atoms with Crippen LogP contribution in [-0.4, -0.2) is 11.4 Å². The number of nitrogens with two attached hydrogens (primary N) is 1. The van der Waals surface area contributed by atoms with Crippen molar-refractivity contribution >= 4 is 11.5 Å². The van der Waals surface area contributed by atoms with Crippen LogP contribution in [-0.2, 0) is 0 Å². The molecule has 78 valence electrons. The molecule has 0 unspecified atom stereocenters. The number of carbonyl (C=O) groups excluding carboxylic acids is 1. The molecule has 15 heavy (non-hydrogen) atoms. The van der Waals surface area contributed by atoms with Crippen LogP contribution in [0, 0.1) is 0 Å². The summed E-state index contributed by atoms with van der Waals surface area (Å²) in [7, 11) is 0. The van der Waals surface area contributed by atoms with Gasteiger partial charge in [-0.15, -0.1) is 0 Å². The molecule has 0 amide bonds. The van der Waals surface area contributed by atoms with E-state index in [4.69, 9.17) is 10.5 Å². The first kappa shape index (κ1) is 8.77. The predicted octanol–water partition coefficient (Wildman–Crippen LogP) is 2.16. The highest BCUT2D eigenvalue weighted by Crippen LogP contribution is 2.45. The Labute approximate surface area is 88.2 Å². The van der Waals surface area contributed by atoms with Crippen LogP contribution < -0.4 is 10.5 Å². The Morgan fingerprint density at radius 2 is 2.13 bits per heavy atom. The van der Waals surface area contributed by atoms with Crippen molar-refractivity contribution in [3.63, 3.8) is 0 Å². The van der Waals surface area contributed by atoms with Gasteiger partial charge in [-0.3, -0.25) is 4.79 Å². The van der Waals surface area contributed by atoms with E-state index in [0.717, 1.165) is 19.3 Å². The van der Waals surface area contributed by atoms with E-state index in [2.05, 4.69) is 0 Å². The molecule has 1 aromatic carbocycles. The van der Waals surface area contributed by atoms with Gasteiger partial charge in [0.25, 0.3) is 0 Å². The van der Waals surface area contributed by atoms with Crippen LogP contribution in [0.1, 0.15) is 36.0 Å². The van der Waals surface area contributed by atoms with Crippen molar-refractivity contribution in [1.29, 1.82) is 0 Å². The van der Waals surface area contributed by atoms with Crippen LogP contribution >= 0.6 is 0 Å². The average Bonchev–Trinajstić information content (AvgIpc) is 2.16. The highest BCUT2D eigenvalue weighted by atomic mass is 16.5. The monoisotopic (exact) mass is 203 g/mol. The Hall–Kier alpha value is -1.51. The van der Waals surface area contributed by atoms with Crippen LogP contribution in [0.3, 0.4) is 0 Å². The van der Waals surface area contributed by atoms with Crippen LogP contribution in [0.5, 0.6) is 5.75 Å². The number of hydrogen-bond donors (Lipinski definition) is 1. The van der Waals surface area contributed by atoms with E-state index in [1.54, 1.807) is 12.1 Å². The summed E-state index contributed by atoms with van der Waals surface area (Å²) < 4.78 is 5.90. The molecule has 3 rings (SSSR count). The third kappa shape index (κ3) is 1.23. The zero-order valence-corrected chi connectivity index (χ0v) is 8.45. The maximum atomic E-state index is 11.9. The molecule has 1 fully saturated rings. The maximum absolute atomic E-state index is 11.9. The van der Waals surface area contributed by atoms with Gasteiger partial charge in [0.15, 0.2) is 5.78 Å². The summed E-state index contributed by atoms with van der Waals surface area (Å²) in [6.45, 7) is 0. The molecule has 1 aliphatic carbocycles. The smallest absolute Gasteiger partial charge is 0.170 e. The summed E-state index contributed by atoms with van der Waals surface area (Å²) in [6, 6.07) is 5.30. The molecule has 0 saturated heterocycles. The lowest BCUT2D eigenvalue weighted by Gasteiger charge is -2.44. The molecular weight excluding hydrogens is 190 g/mol. The normalized spacial score (nSPS) is 21.7. The van der Waals surface area contributed by atoms with E-state index >= 15 is 0 Å². The summed E-state index contributed by atoms with van der Waals surface area (Å²) >= 11 is 0. The largest absolute Gasteiger partial charge is 0.486 e. The number of rotatable bonds is 0. The van der Waals surface area contributed by atoms with Gasteiger partial charge in [0.1, 0.15) is 11.4 Å².